The smallest absolute Gasteiger partial charge is 0.333 e. The van der Waals surface area contributed by atoms with Crippen molar-refractivity contribution in [2.24, 2.45) is 5.92 Å². The lowest BCUT2D eigenvalue weighted by Gasteiger charge is -2.20. The molecule has 0 aliphatic rings. The lowest BCUT2D eigenvalue weighted by atomic mass is 10.1. The van der Waals surface area contributed by atoms with Crippen molar-refractivity contribution < 1.29 is 19.0 Å². The maximum Gasteiger partial charge on any atom is 0.333 e. The molecule has 0 aliphatic heterocycles. The quantitative estimate of drug-likeness (QED) is 0.355. The Kier molecular flexibility index (Phi) is 8.72. The number of rotatable bonds is 9. The first-order valence-corrected chi connectivity index (χ1v) is 6.07. The predicted molar refractivity (Wildman–Crippen MR) is 66.6 cm³/mol. The van der Waals surface area contributed by atoms with Gasteiger partial charge in [0.2, 0.25) is 0 Å². The average Bonchev–Trinajstić information content (AvgIpc) is 2.26. The Morgan fingerprint density at radius 2 is 1.76 bits per heavy atom. The maximum atomic E-state index is 11.2. The molecule has 0 amide bonds. The summed E-state index contributed by atoms with van der Waals surface area (Å²) in [5, 5.41) is 0. The van der Waals surface area contributed by atoms with Crippen LogP contribution in [0.25, 0.3) is 0 Å². The first-order valence-electron chi connectivity index (χ1n) is 6.07. The highest BCUT2D eigenvalue weighted by atomic mass is 16.7. The summed E-state index contributed by atoms with van der Waals surface area (Å²) in [7, 11) is 0. The lowest BCUT2D eigenvalue weighted by Crippen LogP contribution is -2.23. The van der Waals surface area contributed by atoms with Crippen LogP contribution in [-0.4, -0.2) is 32.1 Å². The van der Waals surface area contributed by atoms with Crippen LogP contribution in [0.3, 0.4) is 0 Å². The molecule has 0 bridgehead atoms. The normalized spacial score (nSPS) is 12.5. The molecule has 100 valence electrons. The number of ether oxygens (including phenoxy) is 3. The third-order valence-electron chi connectivity index (χ3n) is 2.15. The molecule has 0 spiro atoms. The van der Waals surface area contributed by atoms with Crippen molar-refractivity contribution >= 4 is 5.97 Å². The van der Waals surface area contributed by atoms with Crippen molar-refractivity contribution in [3.63, 3.8) is 0 Å². The number of carbonyl (C=O) groups excluding carboxylic acids is 1. The number of esters is 1. The zero-order valence-corrected chi connectivity index (χ0v) is 11.3. The zero-order valence-electron chi connectivity index (χ0n) is 11.3. The Morgan fingerprint density at radius 1 is 1.24 bits per heavy atom. The molecule has 4 heteroatoms. The molecule has 4 nitrogen and oxygen atoms in total. The van der Waals surface area contributed by atoms with E-state index in [1.165, 1.54) is 0 Å². The molecule has 0 aromatic rings. The summed E-state index contributed by atoms with van der Waals surface area (Å²) in [6.07, 6.45) is 0.494. The fourth-order valence-electron chi connectivity index (χ4n) is 1.29. The molecule has 0 aliphatic carbocycles. The zero-order chi connectivity index (χ0) is 13.3. The van der Waals surface area contributed by atoms with Crippen LogP contribution in [0, 0.1) is 5.92 Å². The van der Waals surface area contributed by atoms with Gasteiger partial charge in [-0.2, -0.15) is 0 Å². The van der Waals surface area contributed by atoms with E-state index in [4.69, 9.17) is 14.2 Å². The highest BCUT2D eigenvalue weighted by Crippen LogP contribution is 2.11. The van der Waals surface area contributed by atoms with Gasteiger partial charge in [-0.25, -0.2) is 4.79 Å². The molecule has 0 heterocycles. The van der Waals surface area contributed by atoms with Crippen molar-refractivity contribution in [3.05, 3.63) is 12.2 Å². The van der Waals surface area contributed by atoms with E-state index in [0.717, 1.165) is 0 Å². The molecule has 0 saturated carbocycles. The molecular formula is C13H24O4. The summed E-state index contributed by atoms with van der Waals surface area (Å²) < 4.78 is 15.9. The molecule has 1 unspecified atom stereocenters. The molecule has 0 saturated heterocycles. The Morgan fingerprint density at radius 3 is 2.18 bits per heavy atom. The third kappa shape index (κ3) is 7.94. The summed E-state index contributed by atoms with van der Waals surface area (Å²) in [4.78, 5) is 11.2. The van der Waals surface area contributed by atoms with E-state index in [2.05, 4.69) is 6.58 Å². The second-order valence-electron chi connectivity index (χ2n) is 4.06. The van der Waals surface area contributed by atoms with Gasteiger partial charge in [0.05, 0.1) is 6.61 Å². The van der Waals surface area contributed by atoms with E-state index in [1.807, 2.05) is 20.8 Å². The summed E-state index contributed by atoms with van der Waals surface area (Å²) in [6.45, 7) is 12.6. The largest absolute Gasteiger partial charge is 0.462 e. The van der Waals surface area contributed by atoms with Crippen LogP contribution in [0.1, 0.15) is 34.1 Å². The van der Waals surface area contributed by atoms with E-state index in [-0.39, 0.29) is 18.2 Å². The molecule has 0 rings (SSSR count). The molecule has 0 aromatic carbocycles. The molecular weight excluding hydrogens is 220 g/mol. The van der Waals surface area contributed by atoms with E-state index >= 15 is 0 Å². The molecule has 0 fully saturated rings. The first kappa shape index (κ1) is 16.1. The predicted octanol–water partition coefficient (Wildman–Crippen LogP) is 2.53. The molecule has 17 heavy (non-hydrogen) atoms. The summed E-state index contributed by atoms with van der Waals surface area (Å²) in [6, 6.07) is 0. The van der Waals surface area contributed by atoms with Gasteiger partial charge in [-0.05, 0) is 26.7 Å². The highest BCUT2D eigenvalue weighted by Gasteiger charge is 2.15. The third-order valence-corrected chi connectivity index (χ3v) is 2.15. The van der Waals surface area contributed by atoms with E-state index in [9.17, 15) is 4.79 Å². The summed E-state index contributed by atoms with van der Waals surface area (Å²) in [5.74, 6) is -0.150. The lowest BCUT2D eigenvalue weighted by molar-refractivity contribution is -0.153. The second kappa shape index (κ2) is 9.19. The van der Waals surface area contributed by atoms with Gasteiger partial charge in [0.1, 0.15) is 0 Å². The average molecular weight is 244 g/mol. The number of hydrogen-bond donors (Lipinski definition) is 0. The Balaban J connectivity index is 3.92. The van der Waals surface area contributed by atoms with Crippen LogP contribution < -0.4 is 0 Å². The minimum absolute atomic E-state index is 0.196. The van der Waals surface area contributed by atoms with Gasteiger partial charge in [0.15, 0.2) is 6.29 Å². The Hall–Kier alpha value is -0.870. The van der Waals surface area contributed by atoms with Crippen LogP contribution >= 0.6 is 0 Å². The minimum atomic E-state index is -0.346. The van der Waals surface area contributed by atoms with Gasteiger partial charge >= 0.3 is 5.97 Å². The minimum Gasteiger partial charge on any atom is -0.462 e. The van der Waals surface area contributed by atoms with Crippen LogP contribution in [0.4, 0.5) is 0 Å². The van der Waals surface area contributed by atoms with Crippen molar-refractivity contribution in [1.82, 2.24) is 0 Å². The van der Waals surface area contributed by atoms with Gasteiger partial charge in [-0.15, -0.1) is 0 Å². The van der Waals surface area contributed by atoms with Crippen molar-refractivity contribution in [1.29, 1.82) is 0 Å². The van der Waals surface area contributed by atoms with E-state index < -0.39 is 0 Å². The van der Waals surface area contributed by atoms with Crippen LogP contribution in [0.5, 0.6) is 0 Å². The molecule has 0 radical (unpaired) electrons. The summed E-state index contributed by atoms with van der Waals surface area (Å²) >= 11 is 0. The van der Waals surface area contributed by atoms with E-state index in [1.54, 1.807) is 6.92 Å². The Bertz CT molecular complexity index is 232. The van der Waals surface area contributed by atoms with Crippen molar-refractivity contribution in [2.75, 3.05) is 19.8 Å². The first-order chi connectivity index (χ1) is 8.01. The summed E-state index contributed by atoms with van der Waals surface area (Å²) in [5.41, 5.74) is 0.420. The topological polar surface area (TPSA) is 44.8 Å². The van der Waals surface area contributed by atoms with Gasteiger partial charge in [-0.3, -0.25) is 0 Å². The highest BCUT2D eigenvalue weighted by molar-refractivity contribution is 5.86. The van der Waals surface area contributed by atoms with E-state index in [0.29, 0.717) is 31.8 Å². The van der Waals surface area contributed by atoms with Crippen LogP contribution in [0.15, 0.2) is 12.2 Å². The fraction of sp³-hybridized carbons (Fsp3) is 0.769. The van der Waals surface area contributed by atoms with Gasteiger partial charge in [-0.1, -0.05) is 13.5 Å². The maximum absolute atomic E-state index is 11.2. The standard InChI is InChI=1S/C13H24O4/c1-6-15-12(16-7-2)8-11(5)9-17-13(14)10(3)4/h11-12H,3,6-9H2,1-2,4-5H3. The fourth-order valence-corrected chi connectivity index (χ4v) is 1.29. The van der Waals surface area contributed by atoms with Gasteiger partial charge in [0, 0.05) is 25.2 Å². The number of hydrogen-bond acceptors (Lipinski definition) is 4. The van der Waals surface area contributed by atoms with Gasteiger partial charge < -0.3 is 14.2 Å². The molecule has 0 N–H and O–H groups in total. The SMILES string of the molecule is C=C(C)C(=O)OCC(C)CC(OCC)OCC. The number of carbonyl (C=O) groups is 1. The molecule has 1 atom stereocenters. The van der Waals surface area contributed by atoms with Crippen LogP contribution in [-0.2, 0) is 19.0 Å². The van der Waals surface area contributed by atoms with Crippen LogP contribution in [0.2, 0.25) is 0 Å². The van der Waals surface area contributed by atoms with Crippen molar-refractivity contribution in [3.8, 4) is 0 Å². The van der Waals surface area contributed by atoms with Crippen molar-refractivity contribution in [2.45, 2.75) is 40.4 Å². The van der Waals surface area contributed by atoms with Gasteiger partial charge in [0.25, 0.3) is 0 Å². The Labute approximate surface area is 104 Å². The monoisotopic (exact) mass is 244 g/mol. The second-order valence-corrected chi connectivity index (χ2v) is 4.06. The molecule has 0 aromatic heterocycles.